The second kappa shape index (κ2) is 4.91. The van der Waals surface area contributed by atoms with Crippen molar-refractivity contribution in [2.24, 2.45) is 0 Å². The average molecular weight is 289 g/mol. The van der Waals surface area contributed by atoms with Crippen LogP contribution in [0.4, 0.5) is 0 Å². The second-order valence-corrected chi connectivity index (χ2v) is 6.31. The van der Waals surface area contributed by atoms with Crippen LogP contribution in [0.3, 0.4) is 0 Å². The highest BCUT2D eigenvalue weighted by Crippen LogP contribution is 2.25. The number of carboxylic acid groups (broad SMARTS) is 1. The summed E-state index contributed by atoms with van der Waals surface area (Å²) in [6.07, 6.45) is 1.33. The van der Waals surface area contributed by atoms with Crippen LogP contribution in [-0.2, 0) is 14.8 Å². The van der Waals surface area contributed by atoms with E-state index < -0.39 is 21.0 Å². The number of sulfonamides is 1. The molecule has 9 heteroatoms. The molecule has 0 aromatic carbocycles. The first kappa shape index (κ1) is 14.0. The topological polar surface area (TPSA) is 113 Å². The van der Waals surface area contributed by atoms with E-state index in [2.05, 4.69) is 10.2 Å². The van der Waals surface area contributed by atoms with Crippen molar-refractivity contribution >= 4 is 16.0 Å². The first-order valence-electron chi connectivity index (χ1n) is 5.72. The smallest absolute Gasteiger partial charge is 0.340 e. The predicted molar refractivity (Wildman–Crippen MR) is 64.3 cm³/mol. The molecule has 106 valence electrons. The van der Waals surface area contributed by atoms with Gasteiger partial charge < -0.3 is 9.84 Å². The number of ether oxygens (including phenoxy) is 1. The standard InChI is InChI=1S/C10H15N3O5S/c1-6-8(3-4-18-6)13(2)19(16,17)9-7(10(14)15)5-11-12-9/h5-6,8H,3-4H2,1-2H3,(H,11,12)(H,14,15). The van der Waals surface area contributed by atoms with Gasteiger partial charge in [0, 0.05) is 13.7 Å². The normalized spacial score (nSPS) is 23.9. The Balaban J connectivity index is 2.36. The van der Waals surface area contributed by atoms with E-state index in [4.69, 9.17) is 9.84 Å². The SMILES string of the molecule is CC1OCCC1N(C)S(=O)(=O)c1[nH]ncc1C(=O)O. The number of aromatic carboxylic acids is 1. The molecule has 2 unspecified atom stereocenters. The Hall–Kier alpha value is -1.45. The summed E-state index contributed by atoms with van der Waals surface area (Å²) < 4.78 is 31.2. The van der Waals surface area contributed by atoms with E-state index in [1.807, 2.05) is 0 Å². The van der Waals surface area contributed by atoms with E-state index in [0.717, 1.165) is 10.5 Å². The van der Waals surface area contributed by atoms with E-state index >= 15 is 0 Å². The van der Waals surface area contributed by atoms with E-state index in [9.17, 15) is 13.2 Å². The number of hydrogen-bond donors (Lipinski definition) is 2. The van der Waals surface area contributed by atoms with Crippen LogP contribution in [0.25, 0.3) is 0 Å². The van der Waals surface area contributed by atoms with Crippen LogP contribution < -0.4 is 0 Å². The molecule has 1 aromatic rings. The van der Waals surface area contributed by atoms with Gasteiger partial charge in [-0.3, -0.25) is 5.10 Å². The maximum atomic E-state index is 12.4. The van der Waals surface area contributed by atoms with Gasteiger partial charge in [0.05, 0.1) is 18.3 Å². The minimum Gasteiger partial charge on any atom is -0.478 e. The minimum absolute atomic E-state index is 0.226. The van der Waals surface area contributed by atoms with Crippen molar-refractivity contribution < 1.29 is 23.1 Å². The van der Waals surface area contributed by atoms with Crippen LogP contribution in [-0.4, -0.2) is 59.8 Å². The van der Waals surface area contributed by atoms with E-state index in [-0.39, 0.29) is 17.7 Å². The van der Waals surface area contributed by atoms with Gasteiger partial charge in [0.2, 0.25) is 0 Å². The molecule has 0 saturated carbocycles. The number of nitrogens with one attached hydrogen (secondary N) is 1. The largest absolute Gasteiger partial charge is 0.478 e. The van der Waals surface area contributed by atoms with Crippen molar-refractivity contribution in [1.82, 2.24) is 14.5 Å². The zero-order valence-electron chi connectivity index (χ0n) is 10.5. The van der Waals surface area contributed by atoms with Gasteiger partial charge in [0.15, 0.2) is 5.03 Å². The number of aromatic nitrogens is 2. The Labute approximate surface area is 110 Å². The first-order chi connectivity index (χ1) is 8.85. The van der Waals surface area contributed by atoms with Gasteiger partial charge in [-0.1, -0.05) is 0 Å². The van der Waals surface area contributed by atoms with Crippen LogP contribution >= 0.6 is 0 Å². The van der Waals surface area contributed by atoms with E-state index in [1.165, 1.54) is 7.05 Å². The Morgan fingerprint density at radius 3 is 2.84 bits per heavy atom. The molecule has 1 aliphatic heterocycles. The van der Waals surface area contributed by atoms with Gasteiger partial charge in [-0.25, -0.2) is 13.2 Å². The number of H-pyrrole nitrogens is 1. The average Bonchev–Trinajstić information content (AvgIpc) is 2.95. The highest BCUT2D eigenvalue weighted by Gasteiger charge is 2.37. The zero-order valence-corrected chi connectivity index (χ0v) is 11.3. The minimum atomic E-state index is -3.93. The van der Waals surface area contributed by atoms with Crippen LogP contribution in [0, 0.1) is 0 Å². The summed E-state index contributed by atoms with van der Waals surface area (Å²) in [7, 11) is -2.52. The van der Waals surface area contributed by atoms with Gasteiger partial charge in [0.1, 0.15) is 5.56 Å². The second-order valence-electron chi connectivity index (χ2n) is 4.37. The lowest BCUT2D eigenvalue weighted by Crippen LogP contribution is -2.41. The monoisotopic (exact) mass is 289 g/mol. The third kappa shape index (κ3) is 2.36. The molecule has 0 aliphatic carbocycles. The van der Waals surface area contributed by atoms with Gasteiger partial charge >= 0.3 is 5.97 Å². The third-order valence-corrected chi connectivity index (χ3v) is 5.13. The van der Waals surface area contributed by atoms with Crippen molar-refractivity contribution in [3.05, 3.63) is 11.8 Å². The highest BCUT2D eigenvalue weighted by atomic mass is 32.2. The molecular weight excluding hydrogens is 274 g/mol. The molecule has 1 aromatic heterocycles. The van der Waals surface area contributed by atoms with Crippen molar-refractivity contribution in [3.8, 4) is 0 Å². The van der Waals surface area contributed by atoms with Gasteiger partial charge in [-0.05, 0) is 13.3 Å². The fraction of sp³-hybridized carbons (Fsp3) is 0.600. The lowest BCUT2D eigenvalue weighted by atomic mass is 10.2. The van der Waals surface area contributed by atoms with Crippen molar-refractivity contribution in [1.29, 1.82) is 0 Å². The number of carbonyl (C=O) groups is 1. The summed E-state index contributed by atoms with van der Waals surface area (Å²) in [5, 5.41) is 14.3. The fourth-order valence-corrected chi connectivity index (χ4v) is 3.65. The van der Waals surface area contributed by atoms with Crippen molar-refractivity contribution in [3.63, 3.8) is 0 Å². The van der Waals surface area contributed by atoms with Crippen LogP contribution in [0.1, 0.15) is 23.7 Å². The van der Waals surface area contributed by atoms with Gasteiger partial charge in [0.25, 0.3) is 10.0 Å². The van der Waals surface area contributed by atoms with Crippen LogP contribution in [0.5, 0.6) is 0 Å². The maximum Gasteiger partial charge on any atom is 0.340 e. The Morgan fingerprint density at radius 2 is 2.32 bits per heavy atom. The van der Waals surface area contributed by atoms with Crippen molar-refractivity contribution in [2.75, 3.05) is 13.7 Å². The van der Waals surface area contributed by atoms with Crippen LogP contribution in [0.15, 0.2) is 11.2 Å². The lowest BCUT2D eigenvalue weighted by molar-refractivity contribution is 0.0692. The Kier molecular flexibility index (Phi) is 3.61. The molecule has 1 fully saturated rings. The molecule has 1 aliphatic rings. The summed E-state index contributed by atoms with van der Waals surface area (Å²) >= 11 is 0. The Morgan fingerprint density at radius 1 is 1.63 bits per heavy atom. The zero-order chi connectivity index (χ0) is 14.2. The number of aromatic amines is 1. The first-order valence-corrected chi connectivity index (χ1v) is 7.16. The molecule has 0 spiro atoms. The van der Waals surface area contributed by atoms with E-state index in [1.54, 1.807) is 6.92 Å². The quantitative estimate of drug-likeness (QED) is 0.800. The summed E-state index contributed by atoms with van der Waals surface area (Å²) in [5.74, 6) is -1.34. The summed E-state index contributed by atoms with van der Waals surface area (Å²) in [4.78, 5) is 11.0. The lowest BCUT2D eigenvalue weighted by Gasteiger charge is -2.25. The van der Waals surface area contributed by atoms with Gasteiger partial charge in [-0.15, -0.1) is 0 Å². The molecule has 0 bridgehead atoms. The fourth-order valence-electron chi connectivity index (χ4n) is 2.14. The molecule has 0 radical (unpaired) electrons. The number of likely N-dealkylation sites (N-methyl/N-ethyl adjacent to an activating group) is 1. The number of rotatable bonds is 4. The predicted octanol–water partition coefficient (Wildman–Crippen LogP) is -0.0942. The molecular formula is C10H15N3O5S. The summed E-state index contributed by atoms with van der Waals surface area (Å²) in [5.41, 5.74) is -0.363. The maximum absolute atomic E-state index is 12.4. The van der Waals surface area contributed by atoms with Crippen molar-refractivity contribution in [2.45, 2.75) is 30.5 Å². The third-order valence-electron chi connectivity index (χ3n) is 3.28. The number of carboxylic acids is 1. The summed E-state index contributed by atoms with van der Waals surface area (Å²) in [6, 6.07) is -0.310. The molecule has 8 nitrogen and oxygen atoms in total. The number of nitrogens with zero attached hydrogens (tertiary/aromatic N) is 2. The summed E-state index contributed by atoms with van der Waals surface area (Å²) in [6.45, 7) is 2.27. The van der Waals surface area contributed by atoms with Crippen LogP contribution in [0.2, 0.25) is 0 Å². The molecule has 1 saturated heterocycles. The number of hydrogen-bond acceptors (Lipinski definition) is 5. The van der Waals surface area contributed by atoms with Gasteiger partial charge in [-0.2, -0.15) is 9.40 Å². The Bertz CT molecular complexity index is 582. The molecule has 2 N–H and O–H groups in total. The molecule has 2 atom stereocenters. The van der Waals surface area contributed by atoms with E-state index in [0.29, 0.717) is 13.0 Å². The molecule has 2 rings (SSSR count). The molecule has 19 heavy (non-hydrogen) atoms. The molecule has 2 heterocycles. The molecule has 0 amide bonds. The highest BCUT2D eigenvalue weighted by molar-refractivity contribution is 7.89.